The first-order valence-electron chi connectivity index (χ1n) is 2.53. The van der Waals surface area contributed by atoms with Gasteiger partial charge in [0.05, 0.1) is 0 Å². The fourth-order valence-corrected chi connectivity index (χ4v) is 0.294. The fraction of sp³-hybridized carbons (Fsp3) is 0.455. The van der Waals surface area contributed by atoms with Crippen molar-refractivity contribution in [1.82, 2.24) is 5.32 Å². The molecule has 0 aliphatic rings. The second-order valence-corrected chi connectivity index (χ2v) is 1.27. The van der Waals surface area contributed by atoms with E-state index in [4.69, 9.17) is 0 Å². The van der Waals surface area contributed by atoms with Gasteiger partial charge in [-0.3, -0.25) is 0 Å². The zero-order chi connectivity index (χ0) is 6.24. The van der Waals surface area contributed by atoms with Crippen molar-refractivity contribution >= 4 is 0 Å². The second kappa shape index (κ2) is 50.3. The van der Waals surface area contributed by atoms with Crippen LogP contribution in [0.3, 0.4) is 0 Å². The molecule has 0 spiro atoms. The van der Waals surface area contributed by atoms with Crippen molar-refractivity contribution in [2.45, 2.75) is 29.7 Å². The maximum Gasteiger partial charge on any atom is 0.00277 e. The Labute approximate surface area is 121 Å². The summed E-state index contributed by atoms with van der Waals surface area (Å²) in [7, 11) is 1.86. The van der Waals surface area contributed by atoms with Crippen LogP contribution in [0.25, 0.3) is 0 Å². The first-order valence-corrected chi connectivity index (χ1v) is 2.53. The third-order valence-corrected chi connectivity index (χ3v) is 0.621. The largest absolute Gasteiger partial charge is 0.394 e. The Hall–Kier alpha value is 0.397. The molecule has 0 saturated heterocycles. The van der Waals surface area contributed by atoms with Crippen molar-refractivity contribution in [1.29, 1.82) is 0 Å². The van der Waals surface area contributed by atoms with Crippen LogP contribution < -0.4 is 5.32 Å². The van der Waals surface area contributed by atoms with E-state index in [2.05, 4.69) is 11.9 Å². The summed E-state index contributed by atoms with van der Waals surface area (Å²) in [5.41, 5.74) is 0. The van der Waals surface area contributed by atoms with Crippen LogP contribution in [0, 0.1) is 0 Å². The predicted octanol–water partition coefficient (Wildman–Crippen LogP) is 4.00. The van der Waals surface area contributed by atoms with E-state index in [-0.39, 0.29) is 71.8 Å². The molecule has 0 unspecified atom stereocenters. The molecule has 14 heavy (non-hydrogen) atoms. The van der Waals surface area contributed by atoms with E-state index in [9.17, 15) is 0 Å². The average Bonchev–Trinajstić information content (AvgIpc) is 1.81. The Balaban J connectivity index is -0.0000000163. The monoisotopic (exact) mass is 541 g/mol. The van der Waals surface area contributed by atoms with Gasteiger partial charge in [-0.25, -0.2) is 0 Å². The summed E-state index contributed by atoms with van der Waals surface area (Å²) < 4.78 is 0. The molecule has 0 aromatic heterocycles. The molecule has 1 nitrogen and oxygen atoms in total. The van der Waals surface area contributed by atoms with Gasteiger partial charge in [0.25, 0.3) is 0 Å². The molecule has 0 amide bonds. The third-order valence-electron chi connectivity index (χ3n) is 0.621. The smallest absolute Gasteiger partial charge is 0.00277 e. The summed E-state index contributed by atoms with van der Waals surface area (Å²) in [6, 6.07) is 0. The van der Waals surface area contributed by atoms with Gasteiger partial charge in [0.1, 0.15) is 0 Å². The third kappa shape index (κ3) is 55.3. The summed E-state index contributed by atoms with van der Waals surface area (Å²) >= 11 is 0. The molecule has 0 aromatic carbocycles. The summed E-state index contributed by atoms with van der Waals surface area (Å²) in [6.07, 6.45) is 9.26. The zero-order valence-electron chi connectivity index (χ0n) is 5.91. The Morgan fingerprint density at radius 1 is 0.857 bits per heavy atom. The van der Waals surface area contributed by atoms with E-state index in [0.717, 1.165) is 0 Å². The Morgan fingerprint density at radius 2 is 1.29 bits per heavy atom. The minimum atomic E-state index is 0. The Bertz CT molecular complexity index is 110. The molecule has 3 heteroatoms. The van der Waals surface area contributed by atoms with Crippen LogP contribution >= 0.6 is 0 Å². The van der Waals surface area contributed by atoms with Crippen LogP contribution in [0.2, 0.25) is 0 Å². The SMILES string of the molecule is C.C.C.C.C=CC=CC=CNC.[W].[W]. The van der Waals surface area contributed by atoms with Crippen LogP contribution in [0.15, 0.2) is 37.1 Å². The van der Waals surface area contributed by atoms with Crippen LogP contribution in [0.1, 0.15) is 29.7 Å². The molecular formula is C11H27NW2. The quantitative estimate of drug-likeness (QED) is 0.534. The Morgan fingerprint density at radius 3 is 1.57 bits per heavy atom. The van der Waals surface area contributed by atoms with E-state index < -0.39 is 0 Å². The van der Waals surface area contributed by atoms with Crippen molar-refractivity contribution in [2.75, 3.05) is 7.05 Å². The molecule has 0 aromatic rings. The van der Waals surface area contributed by atoms with Crippen molar-refractivity contribution in [3.05, 3.63) is 37.1 Å². The fourth-order valence-electron chi connectivity index (χ4n) is 0.294. The minimum absolute atomic E-state index is 0. The molecule has 0 fully saturated rings. The number of nitrogens with one attached hydrogen (secondary N) is 1. The first-order chi connectivity index (χ1) is 3.91. The van der Waals surface area contributed by atoms with Crippen molar-refractivity contribution in [3.8, 4) is 0 Å². The normalized spacial score (nSPS) is 6.07. The zero-order valence-corrected chi connectivity index (χ0v) is 11.8. The number of hydrogen-bond donors (Lipinski definition) is 1. The molecule has 0 rings (SSSR count). The Kier molecular flexibility index (Phi) is 170. The van der Waals surface area contributed by atoms with Crippen molar-refractivity contribution < 1.29 is 42.1 Å². The molecule has 0 heterocycles. The number of rotatable bonds is 3. The molecule has 0 aliphatic carbocycles. The molecule has 0 saturated carbocycles. The minimum Gasteiger partial charge on any atom is -0.394 e. The van der Waals surface area contributed by atoms with Gasteiger partial charge in [-0.1, -0.05) is 54.5 Å². The first kappa shape index (κ1) is 47.2. The molecule has 0 radical (unpaired) electrons. The van der Waals surface area contributed by atoms with Gasteiger partial charge >= 0.3 is 0 Å². The topological polar surface area (TPSA) is 12.0 Å². The second-order valence-electron chi connectivity index (χ2n) is 1.27. The van der Waals surface area contributed by atoms with Crippen molar-refractivity contribution in [3.63, 3.8) is 0 Å². The summed E-state index contributed by atoms with van der Waals surface area (Å²) in [5.74, 6) is 0. The van der Waals surface area contributed by atoms with Crippen LogP contribution in [-0.2, 0) is 42.1 Å². The van der Waals surface area contributed by atoms with Gasteiger partial charge in [0.2, 0.25) is 0 Å². The van der Waals surface area contributed by atoms with Gasteiger partial charge < -0.3 is 5.32 Å². The van der Waals surface area contributed by atoms with Gasteiger partial charge in [-0.2, -0.15) is 0 Å². The van der Waals surface area contributed by atoms with E-state index in [1.807, 2.05) is 31.5 Å². The molecule has 0 bridgehead atoms. The maximum atomic E-state index is 3.52. The molecule has 0 atom stereocenters. The average molecular weight is 541 g/mol. The van der Waals surface area contributed by atoms with Gasteiger partial charge in [0.15, 0.2) is 0 Å². The maximum absolute atomic E-state index is 3.52. The van der Waals surface area contributed by atoms with E-state index in [0.29, 0.717) is 0 Å². The number of allylic oxidation sites excluding steroid dienone is 4. The molecule has 1 N–H and O–H groups in total. The van der Waals surface area contributed by atoms with Crippen LogP contribution in [0.5, 0.6) is 0 Å². The van der Waals surface area contributed by atoms with E-state index >= 15 is 0 Å². The summed E-state index contributed by atoms with van der Waals surface area (Å²) in [4.78, 5) is 0. The van der Waals surface area contributed by atoms with Crippen molar-refractivity contribution in [2.24, 2.45) is 0 Å². The summed E-state index contributed by atoms with van der Waals surface area (Å²) in [5, 5.41) is 2.86. The van der Waals surface area contributed by atoms with Gasteiger partial charge in [0, 0.05) is 49.2 Å². The van der Waals surface area contributed by atoms with Crippen LogP contribution in [0.4, 0.5) is 0 Å². The molecular weight excluding hydrogens is 514 g/mol. The number of hydrogen-bond acceptors (Lipinski definition) is 1. The van der Waals surface area contributed by atoms with Gasteiger partial charge in [-0.05, 0) is 12.3 Å². The summed E-state index contributed by atoms with van der Waals surface area (Å²) in [6.45, 7) is 3.52. The van der Waals surface area contributed by atoms with Crippen LogP contribution in [-0.4, -0.2) is 7.05 Å². The van der Waals surface area contributed by atoms with Gasteiger partial charge in [-0.15, -0.1) is 0 Å². The van der Waals surface area contributed by atoms with E-state index in [1.165, 1.54) is 0 Å². The predicted molar refractivity (Wildman–Crippen MR) is 64.5 cm³/mol. The standard InChI is InChI=1S/C7H11N.4CH4.2W/c1-3-4-5-6-7-8-2;;;;;;/h3-8H,1H2,2H3;4*1H4;;. The van der Waals surface area contributed by atoms with E-state index in [1.54, 1.807) is 6.08 Å². The molecule has 0 aliphatic heterocycles. The molecule has 88 valence electrons.